The minimum atomic E-state index is -0.959. The van der Waals surface area contributed by atoms with E-state index in [1.54, 1.807) is 6.92 Å². The number of nitrogens with zero attached hydrogens (tertiary/aromatic N) is 1. The molecule has 1 unspecified atom stereocenters. The molecule has 90 valence electrons. The summed E-state index contributed by atoms with van der Waals surface area (Å²) in [5.41, 5.74) is 0.808. The van der Waals surface area contributed by atoms with Gasteiger partial charge in [0, 0.05) is 6.42 Å². The molecule has 1 aliphatic rings. The van der Waals surface area contributed by atoms with Crippen LogP contribution < -0.4 is 0 Å². The van der Waals surface area contributed by atoms with Gasteiger partial charge in [-0.2, -0.15) is 0 Å². The highest BCUT2D eigenvalue weighted by molar-refractivity contribution is 5.92. The summed E-state index contributed by atoms with van der Waals surface area (Å²) in [5.74, 6) is -0.373. The average Bonchev–Trinajstić information content (AvgIpc) is 2.69. The highest BCUT2D eigenvalue weighted by Crippen LogP contribution is 2.25. The fourth-order valence-electron chi connectivity index (χ4n) is 1.72. The van der Waals surface area contributed by atoms with Crippen molar-refractivity contribution in [2.24, 2.45) is 5.16 Å². The third-order valence-electron chi connectivity index (χ3n) is 2.64. The Kier molecular flexibility index (Phi) is 3.13. The number of benzene rings is 1. The van der Waals surface area contributed by atoms with Crippen LogP contribution in [0.5, 0.6) is 0 Å². The Balaban J connectivity index is 1.90. The normalized spacial score (nSPS) is 22.8. The number of carbonyl (C=O) groups excluding carboxylic acids is 1. The van der Waals surface area contributed by atoms with Crippen molar-refractivity contribution in [3.05, 3.63) is 35.9 Å². The molecule has 0 saturated carbocycles. The maximum Gasteiger partial charge on any atom is 0.353 e. The van der Waals surface area contributed by atoms with Gasteiger partial charge in [0.15, 0.2) is 0 Å². The van der Waals surface area contributed by atoms with Gasteiger partial charge in [-0.25, -0.2) is 4.79 Å². The lowest BCUT2D eigenvalue weighted by atomic mass is 10.0. The van der Waals surface area contributed by atoms with Gasteiger partial charge in [0.25, 0.3) is 0 Å². The number of oxime groups is 1. The van der Waals surface area contributed by atoms with E-state index in [9.17, 15) is 4.79 Å². The highest BCUT2D eigenvalue weighted by Gasteiger charge is 2.42. The SMILES string of the molecule is CC1=NOC(C)(C(=O)OCc2ccccc2)C1. The third kappa shape index (κ3) is 2.64. The molecular formula is C13H15NO3. The van der Waals surface area contributed by atoms with Gasteiger partial charge in [0.05, 0.1) is 5.71 Å². The molecule has 17 heavy (non-hydrogen) atoms. The van der Waals surface area contributed by atoms with E-state index in [2.05, 4.69) is 5.16 Å². The first-order valence-corrected chi connectivity index (χ1v) is 5.53. The Hall–Kier alpha value is -1.84. The Labute approximate surface area is 100 Å². The Morgan fingerprint density at radius 1 is 1.47 bits per heavy atom. The minimum Gasteiger partial charge on any atom is -0.458 e. The largest absolute Gasteiger partial charge is 0.458 e. The van der Waals surface area contributed by atoms with Gasteiger partial charge < -0.3 is 9.57 Å². The molecule has 0 amide bonds. The van der Waals surface area contributed by atoms with Crippen molar-refractivity contribution in [1.82, 2.24) is 0 Å². The lowest BCUT2D eigenvalue weighted by Crippen LogP contribution is -2.36. The molecule has 0 saturated heterocycles. The van der Waals surface area contributed by atoms with Crippen molar-refractivity contribution >= 4 is 11.7 Å². The molecule has 1 heterocycles. The highest BCUT2D eigenvalue weighted by atomic mass is 16.7. The van der Waals surface area contributed by atoms with Crippen molar-refractivity contribution in [1.29, 1.82) is 0 Å². The molecule has 0 spiro atoms. The zero-order valence-corrected chi connectivity index (χ0v) is 9.97. The molecule has 0 fully saturated rings. The van der Waals surface area contributed by atoms with Crippen LogP contribution in [0, 0.1) is 0 Å². The molecule has 0 aliphatic carbocycles. The molecule has 2 rings (SSSR count). The number of ether oxygens (including phenoxy) is 1. The lowest BCUT2D eigenvalue weighted by Gasteiger charge is -2.19. The van der Waals surface area contributed by atoms with Gasteiger partial charge >= 0.3 is 5.97 Å². The molecule has 1 aliphatic heterocycles. The molecule has 4 nitrogen and oxygen atoms in total. The lowest BCUT2D eigenvalue weighted by molar-refractivity contribution is -0.168. The first-order chi connectivity index (χ1) is 8.10. The van der Waals surface area contributed by atoms with Gasteiger partial charge in [-0.15, -0.1) is 0 Å². The van der Waals surface area contributed by atoms with E-state index in [4.69, 9.17) is 9.57 Å². The van der Waals surface area contributed by atoms with Gasteiger partial charge in [-0.05, 0) is 19.4 Å². The zero-order valence-electron chi connectivity index (χ0n) is 9.97. The maximum absolute atomic E-state index is 11.9. The fourth-order valence-corrected chi connectivity index (χ4v) is 1.72. The second-order valence-electron chi connectivity index (χ2n) is 4.39. The second-order valence-corrected chi connectivity index (χ2v) is 4.39. The summed E-state index contributed by atoms with van der Waals surface area (Å²) in [7, 11) is 0. The standard InChI is InChI=1S/C13H15NO3/c1-10-8-13(2,17-14-10)12(15)16-9-11-6-4-3-5-7-11/h3-7H,8-9H2,1-2H3. The van der Waals surface area contributed by atoms with Crippen LogP contribution in [-0.2, 0) is 21.0 Å². The van der Waals surface area contributed by atoms with Crippen LogP contribution in [0.25, 0.3) is 0 Å². The minimum absolute atomic E-state index is 0.262. The molecule has 0 N–H and O–H groups in total. The molecule has 0 radical (unpaired) electrons. The van der Waals surface area contributed by atoms with E-state index in [0.29, 0.717) is 6.42 Å². The summed E-state index contributed by atoms with van der Waals surface area (Å²) in [6.45, 7) is 3.79. The summed E-state index contributed by atoms with van der Waals surface area (Å²) in [6.07, 6.45) is 0.487. The van der Waals surface area contributed by atoms with Crippen LogP contribution in [0.1, 0.15) is 25.8 Å². The molecule has 4 heteroatoms. The Morgan fingerprint density at radius 2 is 2.18 bits per heavy atom. The summed E-state index contributed by atoms with van der Waals surface area (Å²) in [5, 5.41) is 3.78. The van der Waals surface area contributed by atoms with E-state index in [-0.39, 0.29) is 12.6 Å². The summed E-state index contributed by atoms with van der Waals surface area (Å²) >= 11 is 0. The monoisotopic (exact) mass is 233 g/mol. The van der Waals surface area contributed by atoms with Crippen molar-refractivity contribution in [3.63, 3.8) is 0 Å². The Morgan fingerprint density at radius 3 is 2.76 bits per heavy atom. The Bertz CT molecular complexity index is 441. The maximum atomic E-state index is 11.9. The second kappa shape index (κ2) is 4.57. The number of esters is 1. The van der Waals surface area contributed by atoms with Gasteiger partial charge in [0.2, 0.25) is 5.60 Å². The van der Waals surface area contributed by atoms with Crippen molar-refractivity contribution < 1.29 is 14.4 Å². The van der Waals surface area contributed by atoms with Gasteiger partial charge in [-0.1, -0.05) is 35.5 Å². The quantitative estimate of drug-likeness (QED) is 0.752. The fraction of sp³-hybridized carbons (Fsp3) is 0.385. The predicted octanol–water partition coefficient (Wildman–Crippen LogP) is 2.28. The van der Waals surface area contributed by atoms with Crippen LogP contribution in [-0.4, -0.2) is 17.3 Å². The van der Waals surface area contributed by atoms with E-state index < -0.39 is 5.60 Å². The first kappa shape index (κ1) is 11.6. The van der Waals surface area contributed by atoms with Crippen LogP contribution in [0.2, 0.25) is 0 Å². The van der Waals surface area contributed by atoms with Crippen molar-refractivity contribution in [3.8, 4) is 0 Å². The third-order valence-corrected chi connectivity index (χ3v) is 2.64. The summed E-state index contributed by atoms with van der Waals surface area (Å²) < 4.78 is 5.23. The van der Waals surface area contributed by atoms with Crippen molar-refractivity contribution in [2.45, 2.75) is 32.5 Å². The molecular weight excluding hydrogens is 218 g/mol. The summed E-state index contributed by atoms with van der Waals surface area (Å²) in [6, 6.07) is 9.55. The van der Waals surface area contributed by atoms with Crippen LogP contribution in [0.3, 0.4) is 0 Å². The number of rotatable bonds is 3. The van der Waals surface area contributed by atoms with Crippen molar-refractivity contribution in [2.75, 3.05) is 0 Å². The molecule has 0 aromatic heterocycles. The van der Waals surface area contributed by atoms with Gasteiger partial charge in [-0.3, -0.25) is 0 Å². The number of carbonyl (C=O) groups is 1. The van der Waals surface area contributed by atoms with E-state index in [1.807, 2.05) is 37.3 Å². The summed E-state index contributed by atoms with van der Waals surface area (Å²) in [4.78, 5) is 17.0. The topological polar surface area (TPSA) is 47.9 Å². The molecule has 1 aromatic carbocycles. The van der Waals surface area contributed by atoms with E-state index in [1.165, 1.54) is 0 Å². The smallest absolute Gasteiger partial charge is 0.353 e. The molecule has 1 atom stereocenters. The predicted molar refractivity (Wildman–Crippen MR) is 63.5 cm³/mol. The zero-order chi connectivity index (χ0) is 12.3. The average molecular weight is 233 g/mol. The first-order valence-electron chi connectivity index (χ1n) is 5.53. The van der Waals surface area contributed by atoms with Gasteiger partial charge in [0.1, 0.15) is 6.61 Å². The van der Waals surface area contributed by atoms with E-state index in [0.717, 1.165) is 11.3 Å². The number of hydrogen-bond acceptors (Lipinski definition) is 4. The van der Waals surface area contributed by atoms with E-state index >= 15 is 0 Å². The van der Waals surface area contributed by atoms with Crippen LogP contribution in [0.15, 0.2) is 35.5 Å². The van der Waals surface area contributed by atoms with Crippen LogP contribution >= 0.6 is 0 Å². The van der Waals surface area contributed by atoms with Crippen LogP contribution in [0.4, 0.5) is 0 Å². The molecule has 1 aromatic rings. The molecule has 0 bridgehead atoms. The number of hydrogen-bond donors (Lipinski definition) is 0.